The summed E-state index contributed by atoms with van der Waals surface area (Å²) in [6, 6.07) is 0.567. The van der Waals surface area contributed by atoms with E-state index in [4.69, 9.17) is 9.84 Å². The van der Waals surface area contributed by atoms with Crippen molar-refractivity contribution in [2.24, 2.45) is 5.92 Å². The zero-order chi connectivity index (χ0) is 9.10. The van der Waals surface area contributed by atoms with Crippen molar-refractivity contribution in [2.75, 3.05) is 19.8 Å². The number of ether oxygens (including phenoxy) is 1. The molecule has 1 heterocycles. The van der Waals surface area contributed by atoms with E-state index in [0.717, 1.165) is 32.6 Å². The first-order valence-electron chi connectivity index (χ1n) is 5.34. The maximum atomic E-state index is 9.09. The van der Waals surface area contributed by atoms with Crippen LogP contribution in [0.25, 0.3) is 0 Å². The molecule has 0 aromatic carbocycles. The Morgan fingerprint density at radius 1 is 1.38 bits per heavy atom. The average Bonchev–Trinajstić information content (AvgIpc) is 2.12. The molecule has 1 saturated heterocycles. The number of nitrogens with one attached hydrogen (secondary N) is 1. The third-order valence-electron chi connectivity index (χ3n) is 3.06. The van der Waals surface area contributed by atoms with E-state index in [-0.39, 0.29) is 6.10 Å². The standard InChI is InChI=1S/C10H19NO2/c12-10-4-9(5-10)11-6-8-2-1-3-13-7-8/h8-12H,1-7H2. The van der Waals surface area contributed by atoms with Crippen LogP contribution in [-0.2, 0) is 4.74 Å². The van der Waals surface area contributed by atoms with Gasteiger partial charge in [-0.3, -0.25) is 0 Å². The molecular weight excluding hydrogens is 166 g/mol. The van der Waals surface area contributed by atoms with Crippen molar-refractivity contribution in [1.29, 1.82) is 0 Å². The number of aliphatic hydroxyl groups is 1. The molecule has 2 N–H and O–H groups in total. The SMILES string of the molecule is OC1CC(NCC2CCCOC2)C1. The van der Waals surface area contributed by atoms with E-state index in [2.05, 4.69) is 5.32 Å². The van der Waals surface area contributed by atoms with Crippen molar-refractivity contribution in [3.63, 3.8) is 0 Å². The molecule has 2 fully saturated rings. The van der Waals surface area contributed by atoms with Gasteiger partial charge in [-0.2, -0.15) is 0 Å². The molecule has 2 rings (SSSR count). The Hall–Kier alpha value is -0.120. The third kappa shape index (κ3) is 2.66. The highest BCUT2D eigenvalue weighted by atomic mass is 16.5. The van der Waals surface area contributed by atoms with Crippen molar-refractivity contribution in [3.8, 4) is 0 Å². The van der Waals surface area contributed by atoms with Crippen molar-refractivity contribution in [3.05, 3.63) is 0 Å². The van der Waals surface area contributed by atoms with Crippen molar-refractivity contribution >= 4 is 0 Å². The minimum absolute atomic E-state index is 0.0416. The zero-order valence-corrected chi connectivity index (χ0v) is 8.04. The minimum atomic E-state index is -0.0416. The molecule has 1 saturated carbocycles. The van der Waals surface area contributed by atoms with Crippen molar-refractivity contribution in [2.45, 2.75) is 37.8 Å². The van der Waals surface area contributed by atoms with Crippen LogP contribution in [0.3, 0.4) is 0 Å². The van der Waals surface area contributed by atoms with E-state index in [0.29, 0.717) is 12.0 Å². The largest absolute Gasteiger partial charge is 0.393 e. The van der Waals surface area contributed by atoms with E-state index in [1.54, 1.807) is 0 Å². The lowest BCUT2D eigenvalue weighted by Gasteiger charge is -2.34. The molecule has 2 aliphatic rings. The van der Waals surface area contributed by atoms with Crippen LogP contribution in [0.5, 0.6) is 0 Å². The van der Waals surface area contributed by atoms with Crippen molar-refractivity contribution < 1.29 is 9.84 Å². The van der Waals surface area contributed by atoms with Gasteiger partial charge in [0.2, 0.25) is 0 Å². The van der Waals surface area contributed by atoms with Crippen LogP contribution in [0.2, 0.25) is 0 Å². The first-order valence-corrected chi connectivity index (χ1v) is 5.34. The van der Waals surface area contributed by atoms with Gasteiger partial charge in [-0.1, -0.05) is 0 Å². The third-order valence-corrected chi connectivity index (χ3v) is 3.06. The molecule has 3 heteroatoms. The summed E-state index contributed by atoms with van der Waals surface area (Å²) in [6.45, 7) is 2.93. The second kappa shape index (κ2) is 4.40. The summed E-state index contributed by atoms with van der Waals surface area (Å²) < 4.78 is 5.40. The molecule has 0 aromatic heterocycles. The van der Waals surface area contributed by atoms with Gasteiger partial charge in [-0.15, -0.1) is 0 Å². The van der Waals surface area contributed by atoms with E-state index in [1.165, 1.54) is 12.8 Å². The van der Waals surface area contributed by atoms with Gasteiger partial charge in [0, 0.05) is 19.2 Å². The Bertz CT molecular complexity index is 151. The normalized spacial score (nSPS) is 39.9. The fourth-order valence-electron chi connectivity index (χ4n) is 2.06. The van der Waals surface area contributed by atoms with Gasteiger partial charge in [-0.05, 0) is 31.6 Å². The van der Waals surface area contributed by atoms with E-state index >= 15 is 0 Å². The van der Waals surface area contributed by atoms with E-state index in [1.807, 2.05) is 0 Å². The molecule has 0 radical (unpaired) electrons. The van der Waals surface area contributed by atoms with E-state index < -0.39 is 0 Å². The topological polar surface area (TPSA) is 41.5 Å². The number of hydrogen-bond donors (Lipinski definition) is 2. The lowest BCUT2D eigenvalue weighted by molar-refractivity contribution is 0.0383. The van der Waals surface area contributed by atoms with Gasteiger partial charge in [-0.25, -0.2) is 0 Å². The summed E-state index contributed by atoms with van der Waals surface area (Å²) >= 11 is 0. The molecule has 3 nitrogen and oxygen atoms in total. The molecule has 0 amide bonds. The second-order valence-corrected chi connectivity index (χ2v) is 4.31. The number of rotatable bonds is 3. The average molecular weight is 185 g/mol. The smallest absolute Gasteiger partial charge is 0.0570 e. The van der Waals surface area contributed by atoms with Gasteiger partial charge in [0.1, 0.15) is 0 Å². The van der Waals surface area contributed by atoms with Gasteiger partial charge < -0.3 is 15.2 Å². The summed E-state index contributed by atoms with van der Waals surface area (Å²) in [7, 11) is 0. The summed E-state index contributed by atoms with van der Waals surface area (Å²) in [4.78, 5) is 0. The Labute approximate surface area is 79.5 Å². The fraction of sp³-hybridized carbons (Fsp3) is 1.00. The fourth-order valence-corrected chi connectivity index (χ4v) is 2.06. The molecule has 1 aliphatic heterocycles. The first-order chi connectivity index (χ1) is 6.34. The van der Waals surface area contributed by atoms with Gasteiger partial charge in [0.25, 0.3) is 0 Å². The molecule has 1 atom stereocenters. The van der Waals surface area contributed by atoms with Gasteiger partial charge in [0.05, 0.1) is 12.7 Å². The van der Waals surface area contributed by atoms with Crippen LogP contribution in [0.1, 0.15) is 25.7 Å². The predicted octanol–water partition coefficient (Wildman–Crippen LogP) is 0.526. The molecule has 13 heavy (non-hydrogen) atoms. The summed E-state index contributed by atoms with van der Waals surface area (Å²) in [5, 5.41) is 12.6. The molecule has 0 spiro atoms. The highest BCUT2D eigenvalue weighted by molar-refractivity contribution is 4.85. The van der Waals surface area contributed by atoms with Crippen molar-refractivity contribution in [1.82, 2.24) is 5.32 Å². The summed E-state index contributed by atoms with van der Waals surface area (Å²) in [6.07, 6.45) is 4.34. The maximum absolute atomic E-state index is 9.09. The quantitative estimate of drug-likeness (QED) is 0.674. The number of hydrogen-bond acceptors (Lipinski definition) is 3. The molecule has 0 aromatic rings. The second-order valence-electron chi connectivity index (χ2n) is 4.31. The van der Waals surface area contributed by atoms with Crippen LogP contribution in [0, 0.1) is 5.92 Å². The van der Waals surface area contributed by atoms with Crippen LogP contribution in [0.15, 0.2) is 0 Å². The maximum Gasteiger partial charge on any atom is 0.0570 e. The Morgan fingerprint density at radius 3 is 2.85 bits per heavy atom. The molecule has 1 unspecified atom stereocenters. The molecular formula is C10H19NO2. The summed E-state index contributed by atoms with van der Waals surface area (Å²) in [5.74, 6) is 0.700. The Kier molecular flexibility index (Phi) is 3.19. The summed E-state index contributed by atoms with van der Waals surface area (Å²) in [5.41, 5.74) is 0. The van der Waals surface area contributed by atoms with Crippen LogP contribution < -0.4 is 5.32 Å². The first kappa shape index (κ1) is 9.44. The monoisotopic (exact) mass is 185 g/mol. The predicted molar refractivity (Wildman–Crippen MR) is 50.6 cm³/mol. The zero-order valence-electron chi connectivity index (χ0n) is 8.04. The number of aliphatic hydroxyl groups excluding tert-OH is 1. The lowest BCUT2D eigenvalue weighted by atomic mass is 9.89. The highest BCUT2D eigenvalue weighted by Gasteiger charge is 2.27. The molecule has 0 bridgehead atoms. The molecule has 1 aliphatic carbocycles. The molecule has 76 valence electrons. The minimum Gasteiger partial charge on any atom is -0.393 e. The van der Waals surface area contributed by atoms with Gasteiger partial charge >= 0.3 is 0 Å². The van der Waals surface area contributed by atoms with Crippen LogP contribution in [0.4, 0.5) is 0 Å². The lowest BCUT2D eigenvalue weighted by Crippen LogP contribution is -2.46. The Morgan fingerprint density at radius 2 is 2.23 bits per heavy atom. The van der Waals surface area contributed by atoms with Crippen LogP contribution in [-0.4, -0.2) is 37.0 Å². The highest BCUT2D eigenvalue weighted by Crippen LogP contribution is 2.20. The Balaban J connectivity index is 1.56. The van der Waals surface area contributed by atoms with E-state index in [9.17, 15) is 0 Å². The van der Waals surface area contributed by atoms with Crippen LogP contribution >= 0.6 is 0 Å². The van der Waals surface area contributed by atoms with Gasteiger partial charge in [0.15, 0.2) is 0 Å².